The fraction of sp³-hybridized carbons (Fsp3) is 0.478. The van der Waals surface area contributed by atoms with Crippen LogP contribution in [-0.2, 0) is 19.1 Å². The van der Waals surface area contributed by atoms with E-state index in [0.29, 0.717) is 0 Å². The molecule has 1 heterocycles. The first-order valence-corrected chi connectivity index (χ1v) is 10.8. The van der Waals surface area contributed by atoms with E-state index in [2.05, 4.69) is 0 Å². The van der Waals surface area contributed by atoms with Gasteiger partial charge in [0, 0.05) is 16.7 Å². The Hall–Kier alpha value is -2.18. The fourth-order valence-corrected chi connectivity index (χ4v) is 5.05. The van der Waals surface area contributed by atoms with E-state index < -0.39 is 35.5 Å². The summed E-state index contributed by atoms with van der Waals surface area (Å²) in [6.07, 6.45) is -0.648. The van der Waals surface area contributed by atoms with Gasteiger partial charge in [-0.3, -0.25) is 4.79 Å². The number of carbonyl (C=O) groups excluding carboxylic acids is 2. The maximum Gasteiger partial charge on any atom is 0.339 e. The SMILES string of the molecule is CC(C)OC(=O)[C@H]1[C@H](c2ccccc2)[C@H](c2cccs2)C[C@]1(O)C(=O)OC(C)C. The lowest BCUT2D eigenvalue weighted by molar-refractivity contribution is -0.183. The molecule has 5 nitrogen and oxygen atoms in total. The number of hydrogen-bond donors (Lipinski definition) is 1. The van der Waals surface area contributed by atoms with Crippen molar-refractivity contribution in [3.05, 3.63) is 58.3 Å². The second-order valence-corrected chi connectivity index (χ2v) is 9.08. The third kappa shape index (κ3) is 4.38. The summed E-state index contributed by atoms with van der Waals surface area (Å²) in [4.78, 5) is 27.2. The van der Waals surface area contributed by atoms with Gasteiger partial charge in [0.1, 0.15) is 5.92 Å². The maximum atomic E-state index is 13.2. The lowest BCUT2D eigenvalue weighted by Gasteiger charge is -2.30. The molecule has 1 N–H and O–H groups in total. The molecule has 1 aromatic heterocycles. The average Bonchev–Trinajstić information content (AvgIpc) is 3.27. The molecule has 0 aliphatic heterocycles. The first-order chi connectivity index (χ1) is 13.7. The molecule has 1 fully saturated rings. The van der Waals surface area contributed by atoms with Gasteiger partial charge in [0.2, 0.25) is 0 Å². The van der Waals surface area contributed by atoms with Gasteiger partial charge in [0.15, 0.2) is 5.60 Å². The molecule has 29 heavy (non-hydrogen) atoms. The summed E-state index contributed by atoms with van der Waals surface area (Å²) >= 11 is 1.56. The second-order valence-electron chi connectivity index (χ2n) is 8.10. The van der Waals surface area contributed by atoms with Crippen LogP contribution in [0, 0.1) is 5.92 Å². The number of carbonyl (C=O) groups is 2. The molecule has 3 rings (SSSR count). The Bertz CT molecular complexity index is 830. The van der Waals surface area contributed by atoms with Gasteiger partial charge in [-0.2, -0.15) is 0 Å². The molecular weight excluding hydrogens is 388 g/mol. The largest absolute Gasteiger partial charge is 0.463 e. The van der Waals surface area contributed by atoms with Gasteiger partial charge in [-0.05, 0) is 51.1 Å². The van der Waals surface area contributed by atoms with Crippen molar-refractivity contribution in [3.8, 4) is 0 Å². The number of aliphatic hydroxyl groups is 1. The van der Waals surface area contributed by atoms with Crippen LogP contribution in [0.1, 0.15) is 56.4 Å². The fourth-order valence-electron chi connectivity index (χ4n) is 4.17. The predicted molar refractivity (Wildman–Crippen MR) is 112 cm³/mol. The van der Waals surface area contributed by atoms with E-state index in [1.54, 1.807) is 39.0 Å². The smallest absolute Gasteiger partial charge is 0.339 e. The summed E-state index contributed by atoms with van der Waals surface area (Å²) in [5.41, 5.74) is -1.06. The first kappa shape index (κ1) is 21.5. The molecular formula is C23H28O5S. The number of benzene rings is 1. The predicted octanol–water partition coefficient (Wildman–Crippen LogP) is 4.27. The highest BCUT2D eigenvalue weighted by molar-refractivity contribution is 7.10. The van der Waals surface area contributed by atoms with Crippen LogP contribution >= 0.6 is 11.3 Å². The van der Waals surface area contributed by atoms with Crippen molar-refractivity contribution in [3.63, 3.8) is 0 Å². The van der Waals surface area contributed by atoms with Crippen molar-refractivity contribution in [1.82, 2.24) is 0 Å². The van der Waals surface area contributed by atoms with Crippen molar-refractivity contribution >= 4 is 23.3 Å². The van der Waals surface area contributed by atoms with Gasteiger partial charge in [-0.15, -0.1) is 11.3 Å². The molecule has 1 aliphatic carbocycles. The molecule has 156 valence electrons. The Morgan fingerprint density at radius 1 is 1.03 bits per heavy atom. The van der Waals surface area contributed by atoms with Crippen molar-refractivity contribution in [2.45, 2.75) is 63.8 Å². The number of thiophene rings is 1. The third-order valence-corrected chi connectivity index (χ3v) is 6.24. The van der Waals surface area contributed by atoms with Gasteiger partial charge in [-0.25, -0.2) is 4.79 Å². The van der Waals surface area contributed by atoms with Gasteiger partial charge in [0.25, 0.3) is 0 Å². The number of esters is 2. The highest BCUT2D eigenvalue weighted by atomic mass is 32.1. The minimum absolute atomic E-state index is 0.108. The van der Waals surface area contributed by atoms with Crippen LogP contribution in [0.15, 0.2) is 47.8 Å². The summed E-state index contributed by atoms with van der Waals surface area (Å²) in [6, 6.07) is 13.5. The zero-order valence-electron chi connectivity index (χ0n) is 17.2. The van der Waals surface area contributed by atoms with Crippen LogP contribution in [0.3, 0.4) is 0 Å². The Balaban J connectivity index is 2.13. The van der Waals surface area contributed by atoms with Crippen LogP contribution < -0.4 is 0 Å². The number of hydrogen-bond acceptors (Lipinski definition) is 6. The van der Waals surface area contributed by atoms with E-state index in [1.807, 2.05) is 47.8 Å². The maximum absolute atomic E-state index is 13.2. The molecule has 0 bridgehead atoms. The number of rotatable bonds is 6. The molecule has 0 radical (unpaired) electrons. The van der Waals surface area contributed by atoms with Gasteiger partial charge in [0.05, 0.1) is 12.2 Å². The topological polar surface area (TPSA) is 72.8 Å². The van der Waals surface area contributed by atoms with E-state index in [-0.39, 0.29) is 18.4 Å². The van der Waals surface area contributed by atoms with Gasteiger partial charge in [-0.1, -0.05) is 36.4 Å². The average molecular weight is 417 g/mol. The highest BCUT2D eigenvalue weighted by Gasteiger charge is 2.62. The molecule has 6 heteroatoms. The minimum Gasteiger partial charge on any atom is -0.463 e. The molecule has 4 atom stereocenters. The summed E-state index contributed by atoms with van der Waals surface area (Å²) in [6.45, 7) is 6.96. The molecule has 0 saturated heterocycles. The zero-order valence-corrected chi connectivity index (χ0v) is 18.0. The Morgan fingerprint density at radius 3 is 2.24 bits per heavy atom. The Labute approximate surface area is 175 Å². The molecule has 1 aromatic carbocycles. The van der Waals surface area contributed by atoms with Crippen LogP contribution in [0.4, 0.5) is 0 Å². The first-order valence-electron chi connectivity index (χ1n) is 9.96. The van der Waals surface area contributed by atoms with Crippen molar-refractivity contribution in [1.29, 1.82) is 0 Å². The summed E-state index contributed by atoms with van der Waals surface area (Å²) < 4.78 is 10.9. The molecule has 2 aromatic rings. The number of ether oxygens (including phenoxy) is 2. The van der Waals surface area contributed by atoms with Crippen molar-refractivity contribution < 1.29 is 24.2 Å². The summed E-state index contributed by atoms with van der Waals surface area (Å²) in [5, 5.41) is 13.5. The quantitative estimate of drug-likeness (QED) is 0.712. The van der Waals surface area contributed by atoms with Crippen LogP contribution in [0.5, 0.6) is 0 Å². The standard InChI is InChI=1S/C23H28O5S/c1-14(2)27-21(24)20-19(16-9-6-5-7-10-16)17(18-11-8-12-29-18)13-23(20,26)22(25)28-15(3)4/h5-12,14-15,17,19-20,26H,13H2,1-4H3/t17-,19+,20+,23+/m0/s1. The zero-order chi connectivity index (χ0) is 21.2. The normalized spacial score (nSPS) is 26.7. The van der Waals surface area contributed by atoms with Crippen LogP contribution in [0.2, 0.25) is 0 Å². The molecule has 1 saturated carbocycles. The van der Waals surface area contributed by atoms with Gasteiger partial charge >= 0.3 is 11.9 Å². The highest BCUT2D eigenvalue weighted by Crippen LogP contribution is 2.56. The van der Waals surface area contributed by atoms with E-state index in [0.717, 1.165) is 10.4 Å². The Morgan fingerprint density at radius 2 is 1.69 bits per heavy atom. The summed E-state index contributed by atoms with van der Waals surface area (Å²) in [7, 11) is 0. The molecule has 1 aliphatic rings. The van der Waals surface area contributed by atoms with E-state index in [9.17, 15) is 14.7 Å². The summed E-state index contributed by atoms with van der Waals surface area (Å²) in [5.74, 6) is -2.99. The van der Waals surface area contributed by atoms with E-state index in [4.69, 9.17) is 9.47 Å². The second kappa shape index (κ2) is 8.67. The lowest BCUT2D eigenvalue weighted by Crippen LogP contribution is -2.49. The van der Waals surface area contributed by atoms with Crippen LogP contribution in [-0.4, -0.2) is 34.9 Å². The van der Waals surface area contributed by atoms with Crippen molar-refractivity contribution in [2.75, 3.05) is 0 Å². The molecule has 0 unspecified atom stereocenters. The monoisotopic (exact) mass is 416 g/mol. The van der Waals surface area contributed by atoms with E-state index in [1.165, 1.54) is 0 Å². The minimum atomic E-state index is -1.95. The van der Waals surface area contributed by atoms with E-state index >= 15 is 0 Å². The van der Waals surface area contributed by atoms with Crippen molar-refractivity contribution in [2.24, 2.45) is 5.92 Å². The van der Waals surface area contributed by atoms with Crippen LogP contribution in [0.25, 0.3) is 0 Å². The third-order valence-electron chi connectivity index (χ3n) is 5.23. The Kier molecular flexibility index (Phi) is 6.44. The van der Waals surface area contributed by atoms with Gasteiger partial charge < -0.3 is 14.6 Å². The molecule has 0 spiro atoms. The lowest BCUT2D eigenvalue weighted by atomic mass is 9.79. The molecule has 0 amide bonds.